The quantitative estimate of drug-likeness (QED) is 0.327. The molecule has 4 rings (SSSR count). The Morgan fingerprint density at radius 2 is 1.95 bits per heavy atom. The molecule has 10 radical (unpaired) electrons. The Morgan fingerprint density at radius 1 is 1.25 bits per heavy atom. The van der Waals surface area contributed by atoms with Gasteiger partial charge in [0.25, 0.3) is 5.91 Å². The first-order valence-electron chi connectivity index (χ1n) is 12.3. The van der Waals surface area contributed by atoms with E-state index in [0.717, 1.165) is 27.3 Å². The Hall–Kier alpha value is -2.82. The van der Waals surface area contributed by atoms with E-state index in [0.29, 0.717) is 22.8 Å². The largest absolute Gasteiger partial charge is 0.496 e. The van der Waals surface area contributed by atoms with Gasteiger partial charge in [-0.25, -0.2) is 4.68 Å². The van der Waals surface area contributed by atoms with E-state index in [4.69, 9.17) is 58.5 Å². The Balaban J connectivity index is 1.92. The predicted molar refractivity (Wildman–Crippen MR) is 160 cm³/mol. The number of methoxy groups -OCH3 is 1. The second-order valence-electron chi connectivity index (χ2n) is 10.6. The molecule has 40 heavy (non-hydrogen) atoms. The fourth-order valence-electron chi connectivity index (χ4n) is 4.67. The van der Waals surface area contributed by atoms with Crippen LogP contribution in [0.1, 0.15) is 49.3 Å². The molecular weight excluding hydrogens is 520 g/mol. The summed E-state index contributed by atoms with van der Waals surface area (Å²) in [6.07, 6.45) is 2.00. The van der Waals surface area contributed by atoms with Crippen LogP contribution in [0.4, 0.5) is 0 Å². The number of carbonyl (C=O) groups excluding carboxylic acids is 1. The van der Waals surface area contributed by atoms with E-state index in [-0.39, 0.29) is 18.9 Å². The van der Waals surface area contributed by atoms with Gasteiger partial charge in [-0.3, -0.25) is 4.79 Å². The molecule has 0 saturated heterocycles. The molecule has 0 spiro atoms. The number of nitrogens with zero attached hydrogens (tertiary/aromatic N) is 3. The maximum atomic E-state index is 14.2. The number of hydrogen-bond donors (Lipinski definition) is 1. The highest BCUT2D eigenvalue weighted by Crippen LogP contribution is 2.44. The standard InChI is InChI=1S/C26H26B5N3O5S/c1-14(2)8-15-9-17-20(10-19(15)37-5)38-11-18-21(32-33(22(17)18)16-6-7-40-12-16)23(35)34(25(27,28)29)24(3,4)13-39-26(30,31)36/h6-10,12,36H,11,13H2,1-5H3. The number of carbonyl (C=O) groups is 1. The molecule has 0 bridgehead atoms. The molecule has 1 N–H and O–H groups in total. The lowest BCUT2D eigenvalue weighted by Crippen LogP contribution is -2.64. The minimum Gasteiger partial charge on any atom is -0.496 e. The minimum absolute atomic E-state index is 0.0287. The highest BCUT2D eigenvalue weighted by Gasteiger charge is 2.42. The first-order chi connectivity index (χ1) is 18.5. The van der Waals surface area contributed by atoms with Crippen LogP contribution < -0.4 is 9.47 Å². The van der Waals surface area contributed by atoms with Gasteiger partial charge in [0.2, 0.25) is 0 Å². The maximum absolute atomic E-state index is 14.2. The molecular formula is C26H26B5N3O5S. The number of amides is 1. The van der Waals surface area contributed by atoms with Crippen LogP contribution in [-0.4, -0.2) is 95.0 Å². The smallest absolute Gasteiger partial charge is 0.273 e. The van der Waals surface area contributed by atoms with E-state index in [1.54, 1.807) is 25.6 Å². The fourth-order valence-corrected chi connectivity index (χ4v) is 5.29. The van der Waals surface area contributed by atoms with E-state index in [1.165, 1.54) is 11.3 Å². The van der Waals surface area contributed by atoms with Crippen molar-refractivity contribution in [1.82, 2.24) is 14.7 Å². The van der Waals surface area contributed by atoms with Gasteiger partial charge in [0.05, 0.1) is 59.8 Å². The van der Waals surface area contributed by atoms with Crippen molar-refractivity contribution in [1.29, 1.82) is 0 Å². The van der Waals surface area contributed by atoms with Crippen molar-refractivity contribution in [2.45, 2.75) is 50.7 Å². The van der Waals surface area contributed by atoms with Gasteiger partial charge < -0.3 is 24.2 Å². The Kier molecular flexibility index (Phi) is 8.20. The number of ether oxygens (including phenoxy) is 3. The first-order valence-corrected chi connectivity index (χ1v) is 13.3. The molecule has 0 aliphatic carbocycles. The normalized spacial score (nSPS) is 13.2. The second-order valence-corrected chi connectivity index (χ2v) is 11.3. The molecule has 0 saturated carbocycles. The summed E-state index contributed by atoms with van der Waals surface area (Å²) < 4.78 is 18.5. The van der Waals surface area contributed by atoms with Crippen molar-refractivity contribution < 1.29 is 24.1 Å². The number of hydrogen-bond acceptors (Lipinski definition) is 7. The maximum Gasteiger partial charge on any atom is 0.273 e. The van der Waals surface area contributed by atoms with Crippen LogP contribution >= 0.6 is 11.3 Å². The van der Waals surface area contributed by atoms with Gasteiger partial charge in [-0.15, -0.1) is 0 Å². The number of thiophene rings is 1. The Labute approximate surface area is 245 Å². The van der Waals surface area contributed by atoms with E-state index in [1.807, 2.05) is 48.9 Å². The van der Waals surface area contributed by atoms with Crippen molar-refractivity contribution in [3.63, 3.8) is 0 Å². The van der Waals surface area contributed by atoms with Gasteiger partial charge in [0.1, 0.15) is 33.8 Å². The zero-order valence-electron chi connectivity index (χ0n) is 23.1. The van der Waals surface area contributed by atoms with Crippen LogP contribution in [-0.2, 0) is 11.3 Å². The van der Waals surface area contributed by atoms with Crippen LogP contribution in [0.15, 0.2) is 34.5 Å². The molecule has 14 heteroatoms. The summed E-state index contributed by atoms with van der Waals surface area (Å²) in [5.74, 6) is 0.536. The molecule has 3 heterocycles. The number of benzene rings is 1. The van der Waals surface area contributed by atoms with Crippen molar-refractivity contribution in [2.75, 3.05) is 13.7 Å². The summed E-state index contributed by atoms with van der Waals surface area (Å²) in [4.78, 5) is 15.2. The molecule has 2 aromatic heterocycles. The van der Waals surface area contributed by atoms with E-state index in [2.05, 4.69) is 0 Å². The number of aromatic nitrogens is 2. The van der Waals surface area contributed by atoms with Gasteiger partial charge in [-0.2, -0.15) is 16.4 Å². The average molecular weight is 547 g/mol. The van der Waals surface area contributed by atoms with Crippen molar-refractivity contribution in [3.05, 3.63) is 51.4 Å². The molecule has 1 aliphatic heterocycles. The third kappa shape index (κ3) is 6.09. The lowest BCUT2D eigenvalue weighted by molar-refractivity contribution is -0.105. The third-order valence-corrected chi connectivity index (χ3v) is 6.86. The molecule has 1 amide bonds. The molecule has 0 fully saturated rings. The fraction of sp³-hybridized carbons (Fsp3) is 0.385. The van der Waals surface area contributed by atoms with Crippen molar-refractivity contribution in [2.24, 2.45) is 0 Å². The molecule has 1 aliphatic rings. The van der Waals surface area contributed by atoms with Crippen molar-refractivity contribution >= 4 is 62.6 Å². The lowest BCUT2D eigenvalue weighted by atomic mass is 9.47. The summed E-state index contributed by atoms with van der Waals surface area (Å²) in [7, 11) is 30.6. The number of allylic oxidation sites excluding steroid dienone is 1. The monoisotopic (exact) mass is 547 g/mol. The topological polar surface area (TPSA) is 86.1 Å². The number of aliphatic hydroxyl groups is 1. The molecule has 0 atom stereocenters. The zero-order valence-corrected chi connectivity index (χ0v) is 23.9. The average Bonchev–Trinajstić information content (AvgIpc) is 3.48. The summed E-state index contributed by atoms with van der Waals surface area (Å²) in [5.41, 5.74) is 0.840. The van der Waals surface area contributed by atoms with Crippen molar-refractivity contribution in [3.8, 4) is 28.4 Å². The molecule has 0 unspecified atom stereocenters. The highest BCUT2D eigenvalue weighted by atomic mass is 32.1. The van der Waals surface area contributed by atoms with E-state index >= 15 is 0 Å². The van der Waals surface area contributed by atoms with Gasteiger partial charge in [0.15, 0.2) is 5.69 Å². The predicted octanol–water partition coefficient (Wildman–Crippen LogP) is 2.22. The molecule has 3 aromatic rings. The second kappa shape index (κ2) is 10.9. The van der Waals surface area contributed by atoms with Gasteiger partial charge >= 0.3 is 0 Å². The van der Waals surface area contributed by atoms with E-state index < -0.39 is 22.3 Å². The summed E-state index contributed by atoms with van der Waals surface area (Å²) in [6.45, 7) is 6.83. The third-order valence-electron chi connectivity index (χ3n) is 6.19. The van der Waals surface area contributed by atoms with Gasteiger partial charge in [-0.1, -0.05) is 16.9 Å². The van der Waals surface area contributed by atoms with E-state index in [9.17, 15) is 9.90 Å². The summed E-state index contributed by atoms with van der Waals surface area (Å²) >= 11 is 1.48. The van der Waals surface area contributed by atoms with Crippen LogP contribution in [0.25, 0.3) is 23.0 Å². The SMILES string of the molecule is [B]C([B])(O)OCC(C)(C)N(C(=O)c1nn(-c2ccsc2)c2c1COc1cc(OC)c(C=C(C)C)cc1-2)C([B])([B])[B]. The minimum atomic E-state index is -2.45. The molecule has 8 nitrogen and oxygen atoms in total. The first kappa shape index (κ1) is 30.2. The van der Waals surface area contributed by atoms with Crippen LogP contribution in [0, 0.1) is 0 Å². The van der Waals surface area contributed by atoms with Crippen LogP contribution in [0.3, 0.4) is 0 Å². The number of rotatable bonds is 9. The highest BCUT2D eigenvalue weighted by molar-refractivity contribution is 7.08. The molecule has 196 valence electrons. The van der Waals surface area contributed by atoms with Gasteiger partial charge in [0, 0.05) is 28.1 Å². The van der Waals surface area contributed by atoms with Crippen LogP contribution in [0.5, 0.6) is 11.5 Å². The summed E-state index contributed by atoms with van der Waals surface area (Å²) in [5, 5.41) is 16.1. The summed E-state index contributed by atoms with van der Waals surface area (Å²) in [6, 6.07) is 5.65. The Bertz CT molecular complexity index is 1440. The Morgan fingerprint density at radius 3 is 2.50 bits per heavy atom. The lowest BCUT2D eigenvalue weighted by Gasteiger charge is -2.49. The van der Waals surface area contributed by atoms with Gasteiger partial charge in [-0.05, 0) is 45.2 Å². The van der Waals surface area contributed by atoms with Crippen LogP contribution in [0.2, 0.25) is 0 Å². The number of fused-ring (bicyclic) bond motifs is 3. The molecule has 1 aromatic carbocycles. The zero-order chi connectivity index (χ0) is 29.6.